The van der Waals surface area contributed by atoms with E-state index >= 15 is 0 Å². The quantitative estimate of drug-likeness (QED) is 0.522. The van der Waals surface area contributed by atoms with Crippen molar-refractivity contribution in [2.24, 2.45) is 0 Å². The van der Waals surface area contributed by atoms with Crippen LogP contribution in [0.5, 0.6) is 0 Å². The van der Waals surface area contributed by atoms with E-state index < -0.39 is 0 Å². The molecule has 1 unspecified atom stereocenters. The molecule has 21 heavy (non-hydrogen) atoms. The molecule has 0 amide bonds. The Kier molecular flexibility index (Phi) is 7.24. The second-order valence-corrected chi connectivity index (χ2v) is 6.80. The molecule has 0 spiro atoms. The molecule has 0 aliphatic carbocycles. The fourth-order valence-electron chi connectivity index (χ4n) is 2.48. The Morgan fingerprint density at radius 1 is 0.810 bits per heavy atom. The summed E-state index contributed by atoms with van der Waals surface area (Å²) in [7, 11) is 0. The number of hydrogen-bond acceptors (Lipinski definition) is 1. The molecule has 0 aliphatic heterocycles. The van der Waals surface area contributed by atoms with Gasteiger partial charge in [0, 0.05) is 28.8 Å². The summed E-state index contributed by atoms with van der Waals surface area (Å²) in [5.41, 5.74) is 2.58. The first kappa shape index (κ1) is 17.0. The smallest absolute Gasteiger partial charge is 0.0602 e. The highest BCUT2D eigenvalue weighted by atomic mass is 79.9. The van der Waals surface area contributed by atoms with Crippen molar-refractivity contribution < 1.29 is 0 Å². The maximum Gasteiger partial charge on any atom is 0.0602 e. The third kappa shape index (κ3) is 4.82. The lowest BCUT2D eigenvalue weighted by molar-refractivity contribution is 0.256. The maximum atomic E-state index is 6.04. The lowest BCUT2D eigenvalue weighted by Gasteiger charge is -2.31. The number of rotatable bonds is 7. The average molecular weight is 432 g/mol. The summed E-state index contributed by atoms with van der Waals surface area (Å²) >= 11 is 13.2. The SMILES string of the molecule is Clc1ccc(C(c2ccccc2)N(CCBr)CCBr)cc1. The van der Waals surface area contributed by atoms with Crippen molar-refractivity contribution in [1.29, 1.82) is 0 Å². The molecule has 0 radical (unpaired) electrons. The van der Waals surface area contributed by atoms with Crippen molar-refractivity contribution in [2.45, 2.75) is 6.04 Å². The minimum Gasteiger partial charge on any atom is -0.291 e. The molecule has 0 aliphatic rings. The van der Waals surface area contributed by atoms with Gasteiger partial charge < -0.3 is 0 Å². The predicted molar refractivity (Wildman–Crippen MR) is 98.9 cm³/mol. The van der Waals surface area contributed by atoms with E-state index in [0.717, 1.165) is 28.8 Å². The first-order chi connectivity index (χ1) is 10.3. The van der Waals surface area contributed by atoms with Crippen LogP contribution in [0, 0.1) is 0 Å². The van der Waals surface area contributed by atoms with Gasteiger partial charge in [0.2, 0.25) is 0 Å². The van der Waals surface area contributed by atoms with Gasteiger partial charge >= 0.3 is 0 Å². The van der Waals surface area contributed by atoms with E-state index in [1.165, 1.54) is 11.1 Å². The summed E-state index contributed by atoms with van der Waals surface area (Å²) < 4.78 is 0. The number of nitrogens with zero attached hydrogens (tertiary/aromatic N) is 1. The molecule has 2 rings (SSSR count). The van der Waals surface area contributed by atoms with Gasteiger partial charge in [-0.05, 0) is 23.3 Å². The van der Waals surface area contributed by atoms with Crippen molar-refractivity contribution in [2.75, 3.05) is 23.7 Å². The van der Waals surface area contributed by atoms with Crippen LogP contribution >= 0.6 is 43.5 Å². The van der Waals surface area contributed by atoms with Gasteiger partial charge in [-0.15, -0.1) is 0 Å². The number of benzene rings is 2. The second kappa shape index (κ2) is 8.94. The molecule has 2 aromatic rings. The molecule has 1 atom stereocenters. The number of alkyl halides is 2. The van der Waals surface area contributed by atoms with E-state index in [1.54, 1.807) is 0 Å². The monoisotopic (exact) mass is 429 g/mol. The Morgan fingerprint density at radius 3 is 1.86 bits per heavy atom. The van der Waals surface area contributed by atoms with Crippen LogP contribution in [0.25, 0.3) is 0 Å². The van der Waals surface area contributed by atoms with E-state index in [0.29, 0.717) is 0 Å². The van der Waals surface area contributed by atoms with Crippen LogP contribution in [-0.4, -0.2) is 28.6 Å². The average Bonchev–Trinajstić information content (AvgIpc) is 2.51. The summed E-state index contributed by atoms with van der Waals surface area (Å²) in [6, 6.07) is 19.0. The molecule has 0 heterocycles. The summed E-state index contributed by atoms with van der Waals surface area (Å²) in [4.78, 5) is 2.47. The van der Waals surface area contributed by atoms with E-state index in [4.69, 9.17) is 11.6 Å². The second-order valence-electron chi connectivity index (χ2n) is 4.78. The molecule has 0 aromatic heterocycles. The highest BCUT2D eigenvalue weighted by molar-refractivity contribution is 9.09. The van der Waals surface area contributed by atoms with Crippen LogP contribution in [0.1, 0.15) is 17.2 Å². The zero-order valence-corrected chi connectivity index (χ0v) is 15.6. The molecule has 0 saturated carbocycles. The van der Waals surface area contributed by atoms with Crippen LogP contribution in [0.2, 0.25) is 5.02 Å². The van der Waals surface area contributed by atoms with Crippen LogP contribution < -0.4 is 0 Å². The zero-order valence-electron chi connectivity index (χ0n) is 11.7. The highest BCUT2D eigenvalue weighted by Gasteiger charge is 2.21. The lowest BCUT2D eigenvalue weighted by atomic mass is 9.97. The van der Waals surface area contributed by atoms with Gasteiger partial charge in [0.1, 0.15) is 0 Å². The maximum absolute atomic E-state index is 6.04. The number of halogens is 3. The van der Waals surface area contributed by atoms with Crippen LogP contribution in [0.3, 0.4) is 0 Å². The standard InChI is InChI=1S/C17H18Br2ClN/c18-10-12-21(13-11-19)17(14-4-2-1-3-5-14)15-6-8-16(20)9-7-15/h1-9,17H,10-13H2. The minimum absolute atomic E-state index is 0.249. The first-order valence-corrected chi connectivity index (χ1v) is 9.54. The topological polar surface area (TPSA) is 3.24 Å². The van der Waals surface area contributed by atoms with E-state index in [-0.39, 0.29) is 6.04 Å². The van der Waals surface area contributed by atoms with E-state index in [1.807, 2.05) is 12.1 Å². The molecule has 112 valence electrons. The van der Waals surface area contributed by atoms with Gasteiger partial charge in [0.15, 0.2) is 0 Å². The van der Waals surface area contributed by atoms with E-state index in [2.05, 4.69) is 79.2 Å². The molecule has 1 nitrogen and oxygen atoms in total. The predicted octanol–water partition coefficient (Wildman–Crippen LogP) is 5.52. The minimum atomic E-state index is 0.249. The van der Waals surface area contributed by atoms with Gasteiger partial charge in [-0.25, -0.2) is 0 Å². The molecular formula is C17H18Br2ClN. The first-order valence-electron chi connectivity index (χ1n) is 6.92. The molecule has 2 aromatic carbocycles. The molecular weight excluding hydrogens is 413 g/mol. The Balaban J connectivity index is 2.40. The van der Waals surface area contributed by atoms with Crippen molar-refractivity contribution >= 4 is 43.5 Å². The van der Waals surface area contributed by atoms with Crippen LogP contribution in [0.15, 0.2) is 54.6 Å². The lowest BCUT2D eigenvalue weighted by Crippen LogP contribution is -2.33. The van der Waals surface area contributed by atoms with Gasteiger partial charge in [-0.1, -0.05) is 85.9 Å². The summed E-state index contributed by atoms with van der Waals surface area (Å²) in [6.07, 6.45) is 0. The third-order valence-corrected chi connectivity index (χ3v) is 4.37. The highest BCUT2D eigenvalue weighted by Crippen LogP contribution is 2.29. The Morgan fingerprint density at radius 2 is 1.33 bits per heavy atom. The van der Waals surface area contributed by atoms with Gasteiger partial charge in [-0.3, -0.25) is 4.90 Å². The van der Waals surface area contributed by atoms with E-state index in [9.17, 15) is 0 Å². The third-order valence-electron chi connectivity index (χ3n) is 3.41. The fourth-order valence-corrected chi connectivity index (χ4v) is 3.52. The summed E-state index contributed by atoms with van der Waals surface area (Å²) in [5.74, 6) is 0. The molecule has 0 bridgehead atoms. The Hall–Kier alpha value is -0.350. The van der Waals surface area contributed by atoms with Crippen LogP contribution in [-0.2, 0) is 0 Å². The largest absolute Gasteiger partial charge is 0.291 e. The normalized spacial score (nSPS) is 12.6. The molecule has 0 fully saturated rings. The number of hydrogen-bond donors (Lipinski definition) is 0. The molecule has 4 heteroatoms. The van der Waals surface area contributed by atoms with Crippen molar-refractivity contribution in [3.63, 3.8) is 0 Å². The zero-order chi connectivity index (χ0) is 15.1. The van der Waals surface area contributed by atoms with Crippen molar-refractivity contribution in [3.05, 3.63) is 70.7 Å². The van der Waals surface area contributed by atoms with Crippen molar-refractivity contribution in [3.8, 4) is 0 Å². The summed E-state index contributed by atoms with van der Waals surface area (Å²) in [5, 5.41) is 2.69. The Bertz CT molecular complexity index is 524. The molecule has 0 saturated heterocycles. The van der Waals surface area contributed by atoms with Gasteiger partial charge in [0.05, 0.1) is 6.04 Å². The van der Waals surface area contributed by atoms with Crippen molar-refractivity contribution in [1.82, 2.24) is 4.90 Å². The van der Waals surface area contributed by atoms with Gasteiger partial charge in [0.25, 0.3) is 0 Å². The fraction of sp³-hybridized carbons (Fsp3) is 0.294. The summed E-state index contributed by atoms with van der Waals surface area (Å²) in [6.45, 7) is 1.99. The Labute approximate surface area is 148 Å². The van der Waals surface area contributed by atoms with Gasteiger partial charge in [-0.2, -0.15) is 0 Å². The molecule has 0 N–H and O–H groups in total. The van der Waals surface area contributed by atoms with Crippen LogP contribution in [0.4, 0.5) is 0 Å².